The van der Waals surface area contributed by atoms with Gasteiger partial charge in [-0.05, 0) is 67.6 Å². The zero-order valence-electron chi connectivity index (χ0n) is 21.2. The third-order valence-electron chi connectivity index (χ3n) is 7.36. The van der Waals surface area contributed by atoms with Crippen LogP contribution in [-0.4, -0.2) is 31.4 Å². The summed E-state index contributed by atoms with van der Waals surface area (Å²) in [6, 6.07) is 13.8. The number of nitrogens with zero attached hydrogens (tertiary/aromatic N) is 4. The third-order valence-corrected chi connectivity index (χ3v) is 8.43. The lowest BCUT2D eigenvalue weighted by atomic mass is 9.91. The molecule has 0 atom stereocenters. The molecule has 1 saturated carbocycles. The Morgan fingerprint density at radius 1 is 1.00 bits per heavy atom. The highest BCUT2D eigenvalue weighted by atomic mass is 35.5. The summed E-state index contributed by atoms with van der Waals surface area (Å²) in [5.41, 5.74) is 8.80. The zero-order chi connectivity index (χ0) is 28.0. The minimum atomic E-state index is -0.198. The molecule has 1 aliphatic carbocycles. The Balaban J connectivity index is 1.58. The monoisotopic (exact) mass is 595 g/mol. The van der Waals surface area contributed by atoms with Crippen LogP contribution < -0.4 is 16.2 Å². The number of aromatic nitrogens is 4. The summed E-state index contributed by atoms with van der Waals surface area (Å²) in [6.45, 7) is 0.218. The van der Waals surface area contributed by atoms with Gasteiger partial charge < -0.3 is 10.5 Å². The topological polar surface area (TPSA) is 105 Å². The highest BCUT2D eigenvalue weighted by Crippen LogP contribution is 2.36. The van der Waals surface area contributed by atoms with Gasteiger partial charge in [-0.15, -0.1) is 0 Å². The van der Waals surface area contributed by atoms with Crippen LogP contribution >= 0.6 is 34.8 Å². The SMILES string of the molecule is NC1CCC(n2c(=O)n(Cc3ccc(Cl)c(Cl)c3)c3nc(Oc4ccc(C=O)c(Cl)c4)c4cccnc4c32)CC1. The van der Waals surface area contributed by atoms with Crippen LogP contribution in [0.25, 0.3) is 22.1 Å². The summed E-state index contributed by atoms with van der Waals surface area (Å²) >= 11 is 18.7. The Bertz CT molecular complexity index is 1830. The van der Waals surface area contributed by atoms with Crippen LogP contribution in [0.3, 0.4) is 0 Å². The first kappa shape index (κ1) is 26.8. The Hall–Kier alpha value is -3.43. The average molecular weight is 597 g/mol. The van der Waals surface area contributed by atoms with Crippen molar-refractivity contribution in [3.05, 3.63) is 91.4 Å². The summed E-state index contributed by atoms with van der Waals surface area (Å²) in [6.07, 6.45) is 5.58. The van der Waals surface area contributed by atoms with Gasteiger partial charge in [0.05, 0.1) is 27.0 Å². The lowest BCUT2D eigenvalue weighted by Crippen LogP contribution is -2.33. The van der Waals surface area contributed by atoms with E-state index in [1.54, 1.807) is 47.2 Å². The van der Waals surface area contributed by atoms with Gasteiger partial charge in [-0.1, -0.05) is 40.9 Å². The molecule has 2 N–H and O–H groups in total. The Labute approximate surface area is 244 Å². The number of hydrogen-bond donors (Lipinski definition) is 1. The fourth-order valence-electron chi connectivity index (χ4n) is 5.33. The molecule has 1 fully saturated rings. The third kappa shape index (κ3) is 4.86. The molecule has 0 aliphatic heterocycles. The van der Waals surface area contributed by atoms with E-state index in [0.717, 1.165) is 31.2 Å². The molecule has 3 aromatic heterocycles. The van der Waals surface area contributed by atoms with Crippen molar-refractivity contribution < 1.29 is 9.53 Å². The molecular formula is C29H24Cl3N5O3. The molecule has 0 radical (unpaired) electrons. The van der Waals surface area contributed by atoms with Crippen LogP contribution in [0.15, 0.2) is 59.5 Å². The summed E-state index contributed by atoms with van der Waals surface area (Å²) in [7, 11) is 0. The van der Waals surface area contributed by atoms with Crippen LogP contribution in [0.4, 0.5) is 0 Å². The van der Waals surface area contributed by atoms with E-state index in [0.29, 0.717) is 49.7 Å². The van der Waals surface area contributed by atoms with Gasteiger partial charge in [-0.2, -0.15) is 4.98 Å². The van der Waals surface area contributed by atoms with Crippen molar-refractivity contribution in [2.45, 2.75) is 44.3 Å². The molecule has 0 spiro atoms. The number of fused-ring (bicyclic) bond motifs is 3. The summed E-state index contributed by atoms with van der Waals surface area (Å²) in [5, 5.41) is 1.73. The number of aldehydes is 1. The van der Waals surface area contributed by atoms with E-state index in [-0.39, 0.29) is 35.2 Å². The minimum Gasteiger partial charge on any atom is -0.438 e. The van der Waals surface area contributed by atoms with Crippen LogP contribution in [-0.2, 0) is 6.54 Å². The maximum absolute atomic E-state index is 14.1. The highest BCUT2D eigenvalue weighted by Gasteiger charge is 2.28. The molecule has 2 aromatic carbocycles. The first-order chi connectivity index (χ1) is 19.3. The molecule has 6 rings (SSSR count). The molecule has 0 unspecified atom stereocenters. The number of ether oxygens (including phenoxy) is 1. The summed E-state index contributed by atoms with van der Waals surface area (Å²) < 4.78 is 9.64. The lowest BCUT2D eigenvalue weighted by Gasteiger charge is -2.27. The molecule has 0 saturated heterocycles. The van der Waals surface area contributed by atoms with Crippen LogP contribution in [0.5, 0.6) is 11.6 Å². The zero-order valence-corrected chi connectivity index (χ0v) is 23.5. The second-order valence-corrected chi connectivity index (χ2v) is 11.2. The van der Waals surface area contributed by atoms with Gasteiger partial charge in [0, 0.05) is 29.9 Å². The Kier molecular flexibility index (Phi) is 7.27. The quantitative estimate of drug-likeness (QED) is 0.216. The van der Waals surface area contributed by atoms with Gasteiger partial charge >= 0.3 is 5.69 Å². The largest absolute Gasteiger partial charge is 0.438 e. The van der Waals surface area contributed by atoms with Crippen molar-refractivity contribution in [1.29, 1.82) is 0 Å². The van der Waals surface area contributed by atoms with E-state index in [1.807, 2.05) is 16.7 Å². The van der Waals surface area contributed by atoms with Gasteiger partial charge in [0.2, 0.25) is 5.88 Å². The van der Waals surface area contributed by atoms with E-state index in [9.17, 15) is 9.59 Å². The summed E-state index contributed by atoms with van der Waals surface area (Å²) in [5.74, 6) is 0.655. The first-order valence-electron chi connectivity index (χ1n) is 12.9. The number of nitrogens with two attached hydrogens (primary N) is 1. The number of halogens is 3. The minimum absolute atomic E-state index is 0.0432. The smallest absolute Gasteiger partial charge is 0.330 e. The molecule has 8 nitrogen and oxygen atoms in total. The standard InChI is InChI=1S/C29H24Cl3N5O3/c30-22-10-3-16(12-24(22)32)14-36-27-26(37(29(36)39)19-7-5-18(33)6-8-19)25-21(2-1-11-34-25)28(35-27)40-20-9-4-17(15-38)23(31)13-20/h1-4,9-13,15,18-19H,5-8,14,33H2. The van der Waals surface area contributed by atoms with Crippen LogP contribution in [0, 0.1) is 0 Å². The second kappa shape index (κ2) is 10.9. The maximum atomic E-state index is 14.1. The van der Waals surface area contributed by atoms with E-state index in [2.05, 4.69) is 4.98 Å². The first-order valence-corrected chi connectivity index (χ1v) is 14.0. The fraction of sp³-hybridized carbons (Fsp3) is 0.241. The van der Waals surface area contributed by atoms with Crippen LogP contribution in [0.1, 0.15) is 47.6 Å². The number of benzene rings is 2. The summed E-state index contributed by atoms with van der Waals surface area (Å²) in [4.78, 5) is 34.9. The van der Waals surface area contributed by atoms with Gasteiger partial charge in [0.15, 0.2) is 11.9 Å². The second-order valence-electron chi connectivity index (χ2n) is 9.95. The predicted molar refractivity (Wildman–Crippen MR) is 157 cm³/mol. The van der Waals surface area contributed by atoms with Gasteiger partial charge in [0.1, 0.15) is 16.8 Å². The van der Waals surface area contributed by atoms with Gasteiger partial charge in [0.25, 0.3) is 0 Å². The number of carbonyl (C=O) groups excluding carboxylic acids is 1. The van der Waals surface area contributed by atoms with E-state index >= 15 is 0 Å². The molecular weight excluding hydrogens is 573 g/mol. The van der Waals surface area contributed by atoms with Crippen molar-refractivity contribution in [3.8, 4) is 11.6 Å². The van der Waals surface area contributed by atoms with E-state index in [4.69, 9.17) is 50.3 Å². The number of imidazole rings is 1. The van der Waals surface area contributed by atoms with Crippen LogP contribution in [0.2, 0.25) is 15.1 Å². The number of hydrogen-bond acceptors (Lipinski definition) is 6. The normalized spacial score (nSPS) is 17.4. The number of pyridine rings is 2. The molecule has 11 heteroatoms. The average Bonchev–Trinajstić information content (AvgIpc) is 3.22. The number of carbonyl (C=O) groups is 1. The van der Waals surface area contributed by atoms with E-state index in [1.165, 1.54) is 0 Å². The van der Waals surface area contributed by atoms with Crippen molar-refractivity contribution in [2.75, 3.05) is 0 Å². The molecule has 40 heavy (non-hydrogen) atoms. The van der Waals surface area contributed by atoms with E-state index < -0.39 is 0 Å². The van der Waals surface area contributed by atoms with Crippen molar-refractivity contribution in [1.82, 2.24) is 19.1 Å². The Morgan fingerprint density at radius 2 is 1.80 bits per heavy atom. The highest BCUT2D eigenvalue weighted by molar-refractivity contribution is 6.42. The lowest BCUT2D eigenvalue weighted by molar-refractivity contribution is 0.112. The predicted octanol–water partition coefficient (Wildman–Crippen LogP) is 6.80. The molecule has 0 bridgehead atoms. The molecule has 0 amide bonds. The van der Waals surface area contributed by atoms with Crippen molar-refractivity contribution >= 4 is 63.2 Å². The van der Waals surface area contributed by atoms with Gasteiger partial charge in [-0.25, -0.2) is 4.79 Å². The fourth-order valence-corrected chi connectivity index (χ4v) is 5.86. The van der Waals surface area contributed by atoms with Crippen molar-refractivity contribution in [3.63, 3.8) is 0 Å². The molecule has 3 heterocycles. The Morgan fingerprint density at radius 3 is 2.52 bits per heavy atom. The van der Waals surface area contributed by atoms with Crippen molar-refractivity contribution in [2.24, 2.45) is 5.73 Å². The number of rotatable bonds is 6. The maximum Gasteiger partial charge on any atom is 0.330 e. The molecule has 5 aromatic rings. The van der Waals surface area contributed by atoms with Gasteiger partial charge in [-0.3, -0.25) is 18.9 Å². The molecule has 204 valence electrons. The molecule has 1 aliphatic rings.